The lowest BCUT2D eigenvalue weighted by Gasteiger charge is -2.16. The molecule has 0 aliphatic carbocycles. The molecule has 0 spiro atoms. The molecule has 1 fully saturated rings. The number of carbonyl (C=O) groups is 1. The van der Waals surface area contributed by atoms with Crippen molar-refractivity contribution in [2.24, 2.45) is 4.99 Å². The fourth-order valence-electron chi connectivity index (χ4n) is 3.47. The van der Waals surface area contributed by atoms with Crippen LogP contribution in [0, 0.1) is 5.82 Å². The van der Waals surface area contributed by atoms with Gasteiger partial charge in [0.1, 0.15) is 10.7 Å². The van der Waals surface area contributed by atoms with Crippen LogP contribution in [0.3, 0.4) is 0 Å². The number of benzene rings is 3. The summed E-state index contributed by atoms with van der Waals surface area (Å²) < 4.78 is 13.5. The number of fused-ring (bicyclic) bond motifs is 1. The zero-order valence-electron chi connectivity index (χ0n) is 16.7. The maximum atomic E-state index is 13.5. The van der Waals surface area contributed by atoms with Gasteiger partial charge in [0.2, 0.25) is 0 Å². The van der Waals surface area contributed by atoms with E-state index in [9.17, 15) is 9.18 Å². The minimum atomic E-state index is -0.342. The second-order valence-corrected chi connectivity index (χ2v) is 9.07. The number of nitrogens with zero attached hydrogens (tertiary/aromatic N) is 3. The Kier molecular flexibility index (Phi) is 5.29. The third-order valence-corrected chi connectivity index (χ3v) is 7.47. The lowest BCUT2D eigenvalue weighted by Crippen LogP contribution is -2.29. The van der Waals surface area contributed by atoms with E-state index in [0.717, 1.165) is 21.2 Å². The molecule has 0 atom stereocenters. The van der Waals surface area contributed by atoms with Gasteiger partial charge in [-0.1, -0.05) is 54.2 Å². The van der Waals surface area contributed by atoms with Crippen molar-refractivity contribution in [3.63, 3.8) is 0 Å². The third-order valence-electron chi connectivity index (χ3n) is 5.04. The fraction of sp³-hybridized carbons (Fsp3) is 0.0833. The number of para-hydroxylation sites is 1. The number of anilines is 2. The van der Waals surface area contributed by atoms with Crippen molar-refractivity contribution in [2.75, 3.05) is 16.8 Å². The molecule has 2 aliphatic heterocycles. The molecule has 0 aromatic heterocycles. The van der Waals surface area contributed by atoms with Gasteiger partial charge in [0.05, 0.1) is 22.9 Å². The number of carbonyl (C=O) groups excluding carboxylic acids is 1. The lowest BCUT2D eigenvalue weighted by atomic mass is 10.2. The molecule has 0 unspecified atom stereocenters. The van der Waals surface area contributed by atoms with Crippen molar-refractivity contribution in [3.05, 3.63) is 100 Å². The Balaban J connectivity index is 1.55. The van der Waals surface area contributed by atoms with Gasteiger partial charge >= 0.3 is 0 Å². The quantitative estimate of drug-likeness (QED) is 0.470. The van der Waals surface area contributed by atoms with Gasteiger partial charge in [-0.15, -0.1) is 0 Å². The van der Waals surface area contributed by atoms with Crippen LogP contribution in [-0.4, -0.2) is 18.1 Å². The number of hydrogen-bond donors (Lipinski definition) is 0. The predicted octanol–water partition coefficient (Wildman–Crippen LogP) is 5.87. The summed E-state index contributed by atoms with van der Waals surface area (Å²) in [6.07, 6.45) is 0. The van der Waals surface area contributed by atoms with Crippen molar-refractivity contribution in [3.8, 4) is 0 Å². The summed E-state index contributed by atoms with van der Waals surface area (Å²) in [6, 6.07) is 23.9. The van der Waals surface area contributed by atoms with E-state index in [-0.39, 0.29) is 11.7 Å². The standard InChI is InChI=1S/C24H18FN3OS2/c1-27-19-9-5-6-10-20(19)30-23(27)21-22(29)28(18-13-11-17(25)12-14-18)24(31-21)26-15-16-7-3-2-4-8-16/h2-14H,15H2,1H3. The minimum Gasteiger partial charge on any atom is -0.337 e. The van der Waals surface area contributed by atoms with Crippen LogP contribution in [0.15, 0.2) is 98.7 Å². The van der Waals surface area contributed by atoms with Crippen molar-refractivity contribution in [1.82, 2.24) is 0 Å². The predicted molar refractivity (Wildman–Crippen MR) is 127 cm³/mol. The molecule has 1 amide bonds. The zero-order valence-corrected chi connectivity index (χ0v) is 18.3. The van der Waals surface area contributed by atoms with E-state index in [2.05, 4.69) is 6.07 Å². The second-order valence-electron chi connectivity index (χ2n) is 7.07. The van der Waals surface area contributed by atoms with E-state index in [1.807, 2.05) is 60.5 Å². The molecule has 0 radical (unpaired) electrons. The van der Waals surface area contributed by atoms with Gasteiger partial charge in [-0.3, -0.25) is 14.7 Å². The molecule has 1 saturated heterocycles. The van der Waals surface area contributed by atoms with Gasteiger partial charge in [0, 0.05) is 11.9 Å². The normalized spacial score (nSPS) is 19.4. The number of halogens is 1. The molecular formula is C24H18FN3OS2. The van der Waals surface area contributed by atoms with E-state index in [0.29, 0.717) is 22.3 Å². The summed E-state index contributed by atoms with van der Waals surface area (Å²) >= 11 is 2.95. The topological polar surface area (TPSA) is 35.9 Å². The maximum absolute atomic E-state index is 13.5. The summed E-state index contributed by atoms with van der Waals surface area (Å²) in [5.74, 6) is -0.489. The van der Waals surface area contributed by atoms with Crippen LogP contribution in [0.4, 0.5) is 15.8 Å². The summed E-state index contributed by atoms with van der Waals surface area (Å²) in [5.41, 5.74) is 2.74. The van der Waals surface area contributed by atoms with E-state index >= 15 is 0 Å². The molecule has 3 aromatic carbocycles. The van der Waals surface area contributed by atoms with Gasteiger partial charge in [-0.2, -0.15) is 0 Å². The highest BCUT2D eigenvalue weighted by molar-refractivity contribution is 8.20. The van der Waals surface area contributed by atoms with Crippen LogP contribution in [-0.2, 0) is 11.3 Å². The molecule has 154 valence electrons. The SMILES string of the molecule is CN1C(=C2SC(=NCc3ccccc3)N(c3ccc(F)cc3)C2=O)Sc2ccccc21. The first-order valence-electron chi connectivity index (χ1n) is 9.73. The number of hydrogen-bond acceptors (Lipinski definition) is 5. The number of aliphatic imine (C=N–C) groups is 1. The van der Waals surface area contributed by atoms with E-state index < -0.39 is 0 Å². The Labute approximate surface area is 188 Å². The van der Waals surface area contributed by atoms with Crippen LogP contribution < -0.4 is 9.80 Å². The van der Waals surface area contributed by atoms with Crippen molar-refractivity contribution in [2.45, 2.75) is 11.4 Å². The van der Waals surface area contributed by atoms with Crippen LogP contribution in [0.1, 0.15) is 5.56 Å². The van der Waals surface area contributed by atoms with Crippen molar-refractivity contribution < 1.29 is 9.18 Å². The smallest absolute Gasteiger partial charge is 0.274 e. The van der Waals surface area contributed by atoms with Gasteiger partial charge in [-0.05, 0) is 53.7 Å². The van der Waals surface area contributed by atoms with E-state index in [1.54, 1.807) is 28.8 Å². The van der Waals surface area contributed by atoms with E-state index in [1.165, 1.54) is 23.9 Å². The summed E-state index contributed by atoms with van der Waals surface area (Å²) in [6.45, 7) is 0.458. The first-order chi connectivity index (χ1) is 15.1. The fourth-order valence-corrected chi connectivity index (χ4v) is 5.79. The highest BCUT2D eigenvalue weighted by atomic mass is 32.2. The third kappa shape index (κ3) is 3.75. The molecule has 0 saturated carbocycles. The molecule has 0 bridgehead atoms. The second kappa shape index (κ2) is 8.24. The summed E-state index contributed by atoms with van der Waals surface area (Å²) in [5, 5.41) is 1.47. The molecular weight excluding hydrogens is 429 g/mol. The average Bonchev–Trinajstić information content (AvgIpc) is 3.30. The number of thioether (sulfide) groups is 2. The maximum Gasteiger partial charge on any atom is 0.274 e. The monoisotopic (exact) mass is 447 g/mol. The largest absolute Gasteiger partial charge is 0.337 e. The van der Waals surface area contributed by atoms with Crippen LogP contribution >= 0.6 is 23.5 Å². The first-order valence-corrected chi connectivity index (χ1v) is 11.4. The number of amidine groups is 1. The highest BCUT2D eigenvalue weighted by Crippen LogP contribution is 2.50. The Morgan fingerprint density at radius 2 is 1.61 bits per heavy atom. The van der Waals surface area contributed by atoms with Gasteiger partial charge in [0.25, 0.3) is 5.91 Å². The van der Waals surface area contributed by atoms with Crippen LogP contribution in [0.2, 0.25) is 0 Å². The number of amides is 1. The van der Waals surface area contributed by atoms with Gasteiger partial charge in [-0.25, -0.2) is 4.39 Å². The minimum absolute atomic E-state index is 0.148. The summed E-state index contributed by atoms with van der Waals surface area (Å²) in [4.78, 5) is 23.6. The van der Waals surface area contributed by atoms with Crippen LogP contribution in [0.25, 0.3) is 0 Å². The molecule has 2 heterocycles. The molecule has 7 heteroatoms. The number of rotatable bonds is 3. The summed E-state index contributed by atoms with van der Waals surface area (Å²) in [7, 11) is 1.97. The highest BCUT2D eigenvalue weighted by Gasteiger charge is 2.39. The lowest BCUT2D eigenvalue weighted by molar-refractivity contribution is -0.113. The molecule has 4 nitrogen and oxygen atoms in total. The van der Waals surface area contributed by atoms with Gasteiger partial charge in [0.15, 0.2) is 5.17 Å². The Morgan fingerprint density at radius 1 is 0.903 bits per heavy atom. The average molecular weight is 448 g/mol. The Hall–Kier alpha value is -3.03. The van der Waals surface area contributed by atoms with Crippen molar-refractivity contribution in [1.29, 1.82) is 0 Å². The Morgan fingerprint density at radius 3 is 2.35 bits per heavy atom. The van der Waals surface area contributed by atoms with Crippen LogP contribution in [0.5, 0.6) is 0 Å². The van der Waals surface area contributed by atoms with Gasteiger partial charge < -0.3 is 4.90 Å². The molecule has 0 N–H and O–H groups in total. The Bertz CT molecular complexity index is 1210. The first kappa shape index (κ1) is 19.9. The molecule has 2 aliphatic rings. The molecule has 5 rings (SSSR count). The van der Waals surface area contributed by atoms with E-state index in [4.69, 9.17) is 4.99 Å². The molecule has 3 aromatic rings. The molecule has 31 heavy (non-hydrogen) atoms. The zero-order chi connectivity index (χ0) is 21.4. The van der Waals surface area contributed by atoms with Crippen molar-refractivity contribution >= 4 is 46.0 Å².